The van der Waals surface area contributed by atoms with Crippen LogP contribution < -0.4 is 5.32 Å². The Kier molecular flexibility index (Phi) is 2.71. The lowest BCUT2D eigenvalue weighted by Gasteiger charge is -2.29. The second-order valence-electron chi connectivity index (χ2n) is 4.03. The molecular weight excluding hydrogens is 193 g/mol. The molecule has 0 atom stereocenters. The molecule has 1 aliphatic rings. The monoisotopic (exact) mass is 207 g/mol. The highest BCUT2D eigenvalue weighted by Gasteiger charge is 2.36. The van der Waals surface area contributed by atoms with Gasteiger partial charge in [-0.25, -0.2) is 4.39 Å². The number of halogens is 1. The molecule has 0 aromatic heterocycles. The maximum Gasteiger partial charge on any atom is 0.207 e. The summed E-state index contributed by atoms with van der Waals surface area (Å²) in [4.78, 5) is 10.6. The quantitative estimate of drug-likeness (QED) is 0.757. The van der Waals surface area contributed by atoms with Crippen LogP contribution in [-0.2, 0) is 10.3 Å². The lowest BCUT2D eigenvalue weighted by Crippen LogP contribution is -2.39. The molecule has 3 heteroatoms. The average molecular weight is 207 g/mol. The van der Waals surface area contributed by atoms with Crippen molar-refractivity contribution in [2.75, 3.05) is 0 Å². The molecule has 0 heterocycles. The van der Waals surface area contributed by atoms with Crippen LogP contribution >= 0.6 is 0 Å². The van der Waals surface area contributed by atoms with E-state index >= 15 is 0 Å². The molecule has 1 aromatic carbocycles. The van der Waals surface area contributed by atoms with Crippen LogP contribution in [0.25, 0.3) is 0 Å². The Morgan fingerprint density at radius 3 is 2.53 bits per heavy atom. The highest BCUT2D eigenvalue weighted by Crippen LogP contribution is 2.39. The zero-order valence-electron chi connectivity index (χ0n) is 8.50. The van der Waals surface area contributed by atoms with Crippen LogP contribution in [0, 0.1) is 5.82 Å². The summed E-state index contributed by atoms with van der Waals surface area (Å²) in [6, 6.07) is 6.69. The Balaban J connectivity index is 2.40. The first-order valence-electron chi connectivity index (χ1n) is 5.25. The van der Waals surface area contributed by atoms with E-state index in [1.165, 1.54) is 6.07 Å². The van der Waals surface area contributed by atoms with Crippen molar-refractivity contribution in [2.45, 2.75) is 31.2 Å². The molecule has 0 bridgehead atoms. The second-order valence-corrected chi connectivity index (χ2v) is 4.03. The van der Waals surface area contributed by atoms with E-state index in [9.17, 15) is 9.18 Å². The molecule has 0 radical (unpaired) electrons. The third-order valence-electron chi connectivity index (χ3n) is 3.18. The highest BCUT2D eigenvalue weighted by molar-refractivity contribution is 5.50. The van der Waals surface area contributed by atoms with Gasteiger partial charge in [-0.1, -0.05) is 31.0 Å². The lowest BCUT2D eigenvalue weighted by molar-refractivity contribution is -0.111. The minimum absolute atomic E-state index is 0.228. The Hall–Kier alpha value is -1.38. The molecule has 1 N–H and O–H groups in total. The van der Waals surface area contributed by atoms with Gasteiger partial charge >= 0.3 is 0 Å². The Labute approximate surface area is 88.5 Å². The van der Waals surface area contributed by atoms with E-state index in [4.69, 9.17) is 0 Å². The predicted molar refractivity (Wildman–Crippen MR) is 55.7 cm³/mol. The number of amides is 1. The van der Waals surface area contributed by atoms with E-state index in [0.29, 0.717) is 12.0 Å². The van der Waals surface area contributed by atoms with Crippen molar-refractivity contribution >= 4 is 6.41 Å². The standard InChI is InChI=1S/C12H14FNO/c13-11-6-2-1-5-10(11)12(14-9-15)7-3-4-8-12/h1-2,5-6,9H,3-4,7-8H2,(H,14,15). The largest absolute Gasteiger partial charge is 0.349 e. The van der Waals surface area contributed by atoms with E-state index in [2.05, 4.69) is 5.32 Å². The Morgan fingerprint density at radius 1 is 1.27 bits per heavy atom. The molecule has 1 amide bonds. The second kappa shape index (κ2) is 4.01. The van der Waals surface area contributed by atoms with E-state index in [1.54, 1.807) is 12.1 Å². The smallest absolute Gasteiger partial charge is 0.207 e. The van der Waals surface area contributed by atoms with E-state index in [1.807, 2.05) is 6.07 Å². The first kappa shape index (κ1) is 10.1. The van der Waals surface area contributed by atoms with Gasteiger partial charge in [0.2, 0.25) is 6.41 Å². The van der Waals surface area contributed by atoms with Crippen LogP contribution in [0.15, 0.2) is 24.3 Å². The third-order valence-corrected chi connectivity index (χ3v) is 3.18. The van der Waals surface area contributed by atoms with Crippen molar-refractivity contribution in [3.8, 4) is 0 Å². The fourth-order valence-electron chi connectivity index (χ4n) is 2.43. The molecule has 80 valence electrons. The van der Waals surface area contributed by atoms with Crippen LogP contribution in [-0.4, -0.2) is 6.41 Å². The van der Waals surface area contributed by atoms with Crippen molar-refractivity contribution in [1.82, 2.24) is 5.32 Å². The summed E-state index contributed by atoms with van der Waals surface area (Å²) in [5.74, 6) is -0.228. The molecule has 0 saturated heterocycles. The summed E-state index contributed by atoms with van der Waals surface area (Å²) in [5.41, 5.74) is 0.155. The van der Waals surface area contributed by atoms with Gasteiger partial charge in [0.15, 0.2) is 0 Å². The predicted octanol–water partition coefficient (Wildman–Crippen LogP) is 2.34. The van der Waals surface area contributed by atoms with E-state index in [0.717, 1.165) is 25.7 Å². The zero-order chi connectivity index (χ0) is 10.7. The summed E-state index contributed by atoms with van der Waals surface area (Å²) in [5, 5.41) is 2.79. The minimum atomic E-state index is -0.465. The van der Waals surface area contributed by atoms with Gasteiger partial charge in [0.25, 0.3) is 0 Å². The molecule has 1 aliphatic carbocycles. The van der Waals surface area contributed by atoms with Gasteiger partial charge in [0, 0.05) is 5.56 Å². The Morgan fingerprint density at radius 2 is 1.93 bits per heavy atom. The number of hydrogen-bond acceptors (Lipinski definition) is 1. The van der Waals surface area contributed by atoms with Gasteiger partial charge in [-0.3, -0.25) is 4.79 Å². The normalized spacial score (nSPS) is 18.7. The summed E-state index contributed by atoms with van der Waals surface area (Å²) in [6.07, 6.45) is 4.40. The average Bonchev–Trinajstić information content (AvgIpc) is 2.69. The first-order chi connectivity index (χ1) is 7.28. The summed E-state index contributed by atoms with van der Waals surface area (Å²) in [7, 11) is 0. The molecule has 0 unspecified atom stereocenters. The van der Waals surface area contributed by atoms with Crippen LogP contribution in [0.5, 0.6) is 0 Å². The highest BCUT2D eigenvalue weighted by atomic mass is 19.1. The van der Waals surface area contributed by atoms with Crippen molar-refractivity contribution in [3.63, 3.8) is 0 Å². The fourth-order valence-corrected chi connectivity index (χ4v) is 2.43. The van der Waals surface area contributed by atoms with Crippen molar-refractivity contribution in [2.24, 2.45) is 0 Å². The van der Waals surface area contributed by atoms with Crippen molar-refractivity contribution in [1.29, 1.82) is 0 Å². The first-order valence-corrected chi connectivity index (χ1v) is 5.25. The molecule has 1 saturated carbocycles. The molecular formula is C12H14FNO. The SMILES string of the molecule is O=CNC1(c2ccccc2F)CCCC1. The van der Waals surface area contributed by atoms with Crippen LogP contribution in [0.4, 0.5) is 4.39 Å². The Bertz CT molecular complexity index is 358. The number of hydrogen-bond donors (Lipinski definition) is 1. The molecule has 1 fully saturated rings. The van der Waals surface area contributed by atoms with Crippen molar-refractivity contribution in [3.05, 3.63) is 35.6 Å². The van der Waals surface area contributed by atoms with Gasteiger partial charge in [0.1, 0.15) is 5.82 Å². The number of carbonyl (C=O) groups excluding carboxylic acids is 1. The minimum Gasteiger partial charge on any atom is -0.349 e. The summed E-state index contributed by atoms with van der Waals surface area (Å²) >= 11 is 0. The van der Waals surface area contributed by atoms with Crippen LogP contribution in [0.3, 0.4) is 0 Å². The maximum absolute atomic E-state index is 13.7. The van der Waals surface area contributed by atoms with Gasteiger partial charge < -0.3 is 5.32 Å². The molecule has 1 aromatic rings. The van der Waals surface area contributed by atoms with E-state index < -0.39 is 5.54 Å². The van der Waals surface area contributed by atoms with Crippen LogP contribution in [0.2, 0.25) is 0 Å². The maximum atomic E-state index is 13.7. The lowest BCUT2D eigenvalue weighted by atomic mass is 9.88. The summed E-state index contributed by atoms with van der Waals surface area (Å²) < 4.78 is 13.7. The fraction of sp³-hybridized carbons (Fsp3) is 0.417. The van der Waals surface area contributed by atoms with Gasteiger partial charge in [-0.15, -0.1) is 0 Å². The molecule has 2 nitrogen and oxygen atoms in total. The molecule has 0 spiro atoms. The number of rotatable bonds is 3. The number of nitrogens with one attached hydrogen (secondary N) is 1. The molecule has 2 rings (SSSR count). The number of carbonyl (C=O) groups is 1. The van der Waals surface area contributed by atoms with Gasteiger partial charge in [-0.05, 0) is 18.9 Å². The number of benzene rings is 1. The topological polar surface area (TPSA) is 29.1 Å². The summed E-state index contributed by atoms with van der Waals surface area (Å²) in [6.45, 7) is 0. The van der Waals surface area contributed by atoms with Crippen LogP contribution in [0.1, 0.15) is 31.2 Å². The van der Waals surface area contributed by atoms with Gasteiger partial charge in [-0.2, -0.15) is 0 Å². The van der Waals surface area contributed by atoms with Crippen molar-refractivity contribution < 1.29 is 9.18 Å². The van der Waals surface area contributed by atoms with E-state index in [-0.39, 0.29) is 5.82 Å². The third kappa shape index (κ3) is 1.74. The molecule has 0 aliphatic heterocycles. The zero-order valence-corrected chi connectivity index (χ0v) is 8.50. The molecule has 15 heavy (non-hydrogen) atoms. The van der Waals surface area contributed by atoms with Gasteiger partial charge in [0.05, 0.1) is 5.54 Å².